The van der Waals surface area contributed by atoms with Gasteiger partial charge < -0.3 is 10.5 Å². The molecule has 1 aromatic rings. The van der Waals surface area contributed by atoms with Crippen LogP contribution in [0.15, 0.2) is 18.2 Å². The number of ether oxygens (including phenoxy) is 1. The van der Waals surface area contributed by atoms with Crippen molar-refractivity contribution in [3.05, 3.63) is 35.1 Å². The largest absolute Gasteiger partial charge is 0.381 e. The highest BCUT2D eigenvalue weighted by Crippen LogP contribution is 2.29. The van der Waals surface area contributed by atoms with Crippen LogP contribution in [-0.4, -0.2) is 13.2 Å². The zero-order valence-corrected chi connectivity index (χ0v) is 10.8. The molecule has 1 fully saturated rings. The molecule has 96 valence electrons. The van der Waals surface area contributed by atoms with E-state index in [0.717, 1.165) is 31.6 Å². The third-order valence-corrected chi connectivity index (χ3v) is 3.29. The molecule has 0 spiro atoms. The Hall–Kier alpha value is -0.640. The maximum Gasteiger partial charge on any atom is 0.128 e. The molecule has 1 aliphatic rings. The molecule has 0 saturated carbocycles. The number of benzene rings is 1. The van der Waals surface area contributed by atoms with E-state index >= 15 is 0 Å². The fourth-order valence-electron chi connectivity index (χ4n) is 2.23. The van der Waals surface area contributed by atoms with Gasteiger partial charge in [0.25, 0.3) is 0 Å². The summed E-state index contributed by atoms with van der Waals surface area (Å²) in [6.45, 7) is 3.37. The Morgan fingerprint density at radius 1 is 1.35 bits per heavy atom. The Morgan fingerprint density at radius 2 is 2.00 bits per heavy atom. The van der Waals surface area contributed by atoms with Crippen LogP contribution in [0.1, 0.15) is 30.0 Å². The molecule has 2 rings (SSSR count). The van der Waals surface area contributed by atoms with Gasteiger partial charge in [0.2, 0.25) is 0 Å². The molecule has 2 nitrogen and oxygen atoms in total. The Balaban J connectivity index is 0.00000144. The number of hydrogen-bond acceptors (Lipinski definition) is 2. The van der Waals surface area contributed by atoms with Crippen molar-refractivity contribution < 1.29 is 9.13 Å². The SMILES string of the molecule is Cc1ccc([C@H](N)C2CCOCC2)c(F)c1.Cl. The van der Waals surface area contributed by atoms with Crippen LogP contribution in [-0.2, 0) is 4.74 Å². The van der Waals surface area contributed by atoms with Crippen molar-refractivity contribution in [2.45, 2.75) is 25.8 Å². The van der Waals surface area contributed by atoms with Crippen LogP contribution < -0.4 is 5.73 Å². The maximum absolute atomic E-state index is 13.7. The van der Waals surface area contributed by atoms with Crippen LogP contribution in [0.25, 0.3) is 0 Å². The predicted molar refractivity (Wildman–Crippen MR) is 68.9 cm³/mol. The molecule has 1 heterocycles. The average molecular weight is 260 g/mol. The smallest absolute Gasteiger partial charge is 0.128 e. The monoisotopic (exact) mass is 259 g/mol. The zero-order chi connectivity index (χ0) is 11.5. The minimum atomic E-state index is -0.204. The Bertz CT molecular complexity index is 366. The summed E-state index contributed by atoms with van der Waals surface area (Å²) in [6, 6.07) is 5.07. The molecule has 1 saturated heterocycles. The first-order valence-corrected chi connectivity index (χ1v) is 5.78. The highest BCUT2D eigenvalue weighted by Gasteiger charge is 2.24. The molecular formula is C13H19ClFNO. The molecule has 0 aliphatic carbocycles. The summed E-state index contributed by atoms with van der Waals surface area (Å²) in [4.78, 5) is 0. The van der Waals surface area contributed by atoms with Gasteiger partial charge in [0.1, 0.15) is 5.82 Å². The fourth-order valence-corrected chi connectivity index (χ4v) is 2.23. The summed E-state index contributed by atoms with van der Waals surface area (Å²) in [5, 5.41) is 0. The third-order valence-electron chi connectivity index (χ3n) is 3.29. The standard InChI is InChI=1S/C13H18FNO.ClH/c1-9-2-3-11(12(14)8-9)13(15)10-4-6-16-7-5-10;/h2-3,8,10,13H,4-7,15H2,1H3;1H/t13-;/m1./s1. The Labute approximate surface area is 108 Å². The molecule has 17 heavy (non-hydrogen) atoms. The summed E-state index contributed by atoms with van der Waals surface area (Å²) in [5.41, 5.74) is 7.69. The van der Waals surface area contributed by atoms with Crippen molar-refractivity contribution in [2.24, 2.45) is 11.7 Å². The van der Waals surface area contributed by atoms with Crippen molar-refractivity contribution in [3.63, 3.8) is 0 Å². The molecule has 1 aromatic carbocycles. The number of rotatable bonds is 2. The van der Waals surface area contributed by atoms with Gasteiger partial charge in [-0.2, -0.15) is 0 Å². The molecule has 4 heteroatoms. The quantitative estimate of drug-likeness (QED) is 0.886. The van der Waals surface area contributed by atoms with Gasteiger partial charge in [0.15, 0.2) is 0 Å². The highest BCUT2D eigenvalue weighted by atomic mass is 35.5. The van der Waals surface area contributed by atoms with Gasteiger partial charge in [0.05, 0.1) is 0 Å². The van der Waals surface area contributed by atoms with Gasteiger partial charge >= 0.3 is 0 Å². The van der Waals surface area contributed by atoms with E-state index in [4.69, 9.17) is 10.5 Å². The van der Waals surface area contributed by atoms with Crippen molar-refractivity contribution in [3.8, 4) is 0 Å². The van der Waals surface area contributed by atoms with Crippen molar-refractivity contribution in [2.75, 3.05) is 13.2 Å². The lowest BCUT2D eigenvalue weighted by molar-refractivity contribution is 0.0580. The van der Waals surface area contributed by atoms with Gasteiger partial charge in [-0.3, -0.25) is 0 Å². The maximum atomic E-state index is 13.7. The molecule has 0 amide bonds. The molecule has 2 N–H and O–H groups in total. The van der Waals surface area contributed by atoms with Gasteiger partial charge in [-0.25, -0.2) is 4.39 Å². The van der Waals surface area contributed by atoms with Crippen molar-refractivity contribution in [1.29, 1.82) is 0 Å². The lowest BCUT2D eigenvalue weighted by atomic mass is 9.87. The molecule has 0 aromatic heterocycles. The summed E-state index contributed by atoms with van der Waals surface area (Å²) in [5.74, 6) is 0.157. The van der Waals surface area contributed by atoms with Gasteiger partial charge in [-0.05, 0) is 37.3 Å². The van der Waals surface area contributed by atoms with Crippen molar-refractivity contribution >= 4 is 12.4 Å². The molecule has 0 radical (unpaired) electrons. The first-order valence-electron chi connectivity index (χ1n) is 5.78. The summed E-state index contributed by atoms with van der Waals surface area (Å²) >= 11 is 0. The lowest BCUT2D eigenvalue weighted by Gasteiger charge is -2.28. The summed E-state index contributed by atoms with van der Waals surface area (Å²) in [6.07, 6.45) is 1.85. The predicted octanol–water partition coefficient (Wildman–Crippen LogP) is 2.98. The second-order valence-corrected chi connectivity index (χ2v) is 4.50. The van der Waals surface area contributed by atoms with E-state index in [-0.39, 0.29) is 24.3 Å². The first-order chi connectivity index (χ1) is 7.68. The number of halogens is 2. The average Bonchev–Trinajstić information content (AvgIpc) is 2.29. The van der Waals surface area contributed by atoms with E-state index in [1.165, 1.54) is 0 Å². The molecule has 0 unspecified atom stereocenters. The minimum absolute atomic E-state index is 0. The van der Waals surface area contributed by atoms with E-state index in [1.807, 2.05) is 19.1 Å². The van der Waals surface area contributed by atoms with Crippen LogP contribution in [0, 0.1) is 18.7 Å². The topological polar surface area (TPSA) is 35.2 Å². The van der Waals surface area contributed by atoms with Crippen LogP contribution in [0.5, 0.6) is 0 Å². The van der Waals surface area contributed by atoms with Crippen LogP contribution >= 0.6 is 12.4 Å². The van der Waals surface area contributed by atoms with Gasteiger partial charge in [-0.15, -0.1) is 12.4 Å². The molecule has 1 atom stereocenters. The summed E-state index contributed by atoms with van der Waals surface area (Å²) < 4.78 is 19.0. The molecular weight excluding hydrogens is 241 g/mol. The number of hydrogen-bond donors (Lipinski definition) is 1. The van der Waals surface area contributed by atoms with Gasteiger partial charge in [-0.1, -0.05) is 12.1 Å². The first kappa shape index (κ1) is 14.4. The van der Waals surface area contributed by atoms with E-state index < -0.39 is 0 Å². The Kier molecular flexibility index (Phi) is 5.37. The fraction of sp³-hybridized carbons (Fsp3) is 0.538. The molecule has 1 aliphatic heterocycles. The number of aryl methyl sites for hydroxylation is 1. The van der Waals surface area contributed by atoms with Crippen molar-refractivity contribution in [1.82, 2.24) is 0 Å². The second-order valence-electron chi connectivity index (χ2n) is 4.50. The minimum Gasteiger partial charge on any atom is -0.381 e. The van der Waals surface area contributed by atoms with Crippen LogP contribution in [0.2, 0.25) is 0 Å². The summed E-state index contributed by atoms with van der Waals surface area (Å²) in [7, 11) is 0. The van der Waals surface area contributed by atoms with Gasteiger partial charge in [0, 0.05) is 24.8 Å². The second kappa shape index (κ2) is 6.34. The third kappa shape index (κ3) is 3.41. The van der Waals surface area contributed by atoms with E-state index in [2.05, 4.69) is 0 Å². The number of nitrogens with two attached hydrogens (primary N) is 1. The lowest BCUT2D eigenvalue weighted by Crippen LogP contribution is -2.28. The normalized spacial score (nSPS) is 18.5. The molecule has 0 bridgehead atoms. The van der Waals surface area contributed by atoms with E-state index in [1.54, 1.807) is 6.07 Å². The zero-order valence-electron chi connectivity index (χ0n) is 9.99. The van der Waals surface area contributed by atoms with E-state index in [0.29, 0.717) is 11.5 Å². The van der Waals surface area contributed by atoms with E-state index in [9.17, 15) is 4.39 Å². The van der Waals surface area contributed by atoms with Crippen LogP contribution in [0.4, 0.5) is 4.39 Å². The highest BCUT2D eigenvalue weighted by molar-refractivity contribution is 5.85. The van der Waals surface area contributed by atoms with Crippen LogP contribution in [0.3, 0.4) is 0 Å². The Morgan fingerprint density at radius 3 is 2.59 bits per heavy atom.